The third-order valence-electron chi connectivity index (χ3n) is 5.98. The van der Waals surface area contributed by atoms with Crippen LogP contribution in [-0.4, -0.2) is 4.57 Å². The van der Waals surface area contributed by atoms with Crippen molar-refractivity contribution in [2.45, 2.75) is 0 Å². The highest BCUT2D eigenvalue weighted by molar-refractivity contribution is 6.10. The first-order chi connectivity index (χ1) is 15.9. The molecular formula is C30H22N2. The summed E-state index contributed by atoms with van der Waals surface area (Å²) in [5, 5.41) is 6.12. The minimum atomic E-state index is 1.08. The van der Waals surface area contributed by atoms with E-state index in [1.54, 1.807) is 0 Å². The van der Waals surface area contributed by atoms with Gasteiger partial charge in [0.1, 0.15) is 0 Å². The molecule has 0 radical (unpaired) electrons. The van der Waals surface area contributed by atoms with Crippen LogP contribution in [0.25, 0.3) is 38.6 Å². The molecule has 0 unspecified atom stereocenters. The molecule has 0 aliphatic carbocycles. The summed E-state index contributed by atoms with van der Waals surface area (Å²) in [4.78, 5) is 0. The number of aromatic nitrogens is 1. The molecule has 2 nitrogen and oxygen atoms in total. The van der Waals surface area contributed by atoms with Crippen molar-refractivity contribution in [3.8, 4) is 16.8 Å². The van der Waals surface area contributed by atoms with Crippen LogP contribution in [0.2, 0.25) is 0 Å². The van der Waals surface area contributed by atoms with Gasteiger partial charge in [0.05, 0.1) is 11.0 Å². The van der Waals surface area contributed by atoms with Crippen molar-refractivity contribution in [3.63, 3.8) is 0 Å². The number of para-hydroxylation sites is 4. The van der Waals surface area contributed by atoms with E-state index in [9.17, 15) is 0 Å². The summed E-state index contributed by atoms with van der Waals surface area (Å²) >= 11 is 0. The van der Waals surface area contributed by atoms with E-state index in [0.717, 1.165) is 11.4 Å². The second-order valence-electron chi connectivity index (χ2n) is 7.96. The van der Waals surface area contributed by atoms with Crippen LogP contribution in [0.15, 0.2) is 127 Å². The van der Waals surface area contributed by atoms with Crippen molar-refractivity contribution >= 4 is 33.2 Å². The van der Waals surface area contributed by atoms with Gasteiger partial charge in [0.15, 0.2) is 0 Å². The van der Waals surface area contributed by atoms with E-state index in [1.807, 2.05) is 6.07 Å². The number of benzene rings is 5. The Morgan fingerprint density at radius 1 is 0.500 bits per heavy atom. The predicted octanol–water partition coefficient (Wildman–Crippen LogP) is 8.19. The predicted molar refractivity (Wildman–Crippen MR) is 136 cm³/mol. The van der Waals surface area contributed by atoms with E-state index in [0.29, 0.717) is 0 Å². The van der Waals surface area contributed by atoms with Crippen LogP contribution in [0.5, 0.6) is 0 Å². The molecule has 0 aliphatic rings. The molecular weight excluding hydrogens is 388 g/mol. The zero-order chi connectivity index (χ0) is 21.3. The van der Waals surface area contributed by atoms with Crippen LogP contribution in [0, 0.1) is 0 Å². The standard InChI is InChI=1S/C30H22N2/c1-3-11-23(12-4-1)31-28-17-9-7-15-25(28)22-19-20-27-26-16-8-10-18-29(26)32(30(27)21-22)24-13-5-2-6-14-24/h1-21,31H. The first-order valence-corrected chi connectivity index (χ1v) is 10.9. The van der Waals surface area contributed by atoms with E-state index < -0.39 is 0 Å². The van der Waals surface area contributed by atoms with Crippen LogP contribution < -0.4 is 5.32 Å². The molecule has 0 saturated heterocycles. The van der Waals surface area contributed by atoms with Gasteiger partial charge in [-0.05, 0) is 48.0 Å². The summed E-state index contributed by atoms with van der Waals surface area (Å²) in [7, 11) is 0. The molecule has 0 fully saturated rings. The summed E-state index contributed by atoms with van der Waals surface area (Å²) in [6.07, 6.45) is 0. The Balaban J connectivity index is 1.57. The third kappa shape index (κ3) is 3.14. The van der Waals surface area contributed by atoms with Gasteiger partial charge in [0.2, 0.25) is 0 Å². The van der Waals surface area contributed by atoms with Gasteiger partial charge in [0, 0.05) is 33.4 Å². The van der Waals surface area contributed by atoms with E-state index in [2.05, 4.69) is 131 Å². The van der Waals surface area contributed by atoms with E-state index >= 15 is 0 Å². The van der Waals surface area contributed by atoms with E-state index in [-0.39, 0.29) is 0 Å². The minimum absolute atomic E-state index is 1.08. The van der Waals surface area contributed by atoms with Crippen LogP contribution in [0.4, 0.5) is 11.4 Å². The Hall–Kier alpha value is -4.30. The molecule has 0 bridgehead atoms. The molecule has 152 valence electrons. The SMILES string of the molecule is c1ccc(Nc2ccccc2-c2ccc3c4ccccc4n(-c4ccccc4)c3c2)cc1. The zero-order valence-electron chi connectivity index (χ0n) is 17.6. The number of fused-ring (bicyclic) bond motifs is 3. The highest BCUT2D eigenvalue weighted by atomic mass is 15.0. The highest BCUT2D eigenvalue weighted by Gasteiger charge is 2.14. The first-order valence-electron chi connectivity index (χ1n) is 10.9. The van der Waals surface area contributed by atoms with Gasteiger partial charge >= 0.3 is 0 Å². The monoisotopic (exact) mass is 410 g/mol. The number of rotatable bonds is 4. The second-order valence-corrected chi connectivity index (χ2v) is 7.96. The smallest absolute Gasteiger partial charge is 0.0547 e. The molecule has 6 aromatic rings. The van der Waals surface area contributed by atoms with Crippen LogP contribution in [-0.2, 0) is 0 Å². The number of anilines is 2. The fourth-order valence-electron chi connectivity index (χ4n) is 4.51. The summed E-state index contributed by atoms with van der Waals surface area (Å²) < 4.78 is 2.36. The quantitative estimate of drug-likeness (QED) is 0.310. The number of nitrogens with zero attached hydrogens (tertiary/aromatic N) is 1. The summed E-state index contributed by atoms with van der Waals surface area (Å²) in [5.41, 5.74) is 8.16. The maximum absolute atomic E-state index is 3.59. The lowest BCUT2D eigenvalue weighted by Crippen LogP contribution is -1.95. The van der Waals surface area contributed by atoms with Crippen molar-refractivity contribution < 1.29 is 0 Å². The molecule has 0 amide bonds. The molecule has 1 heterocycles. The molecule has 6 rings (SSSR count). The molecule has 0 atom stereocenters. The van der Waals surface area contributed by atoms with Gasteiger partial charge in [-0.3, -0.25) is 0 Å². The van der Waals surface area contributed by atoms with Crippen molar-refractivity contribution in [3.05, 3.63) is 127 Å². The molecule has 1 N–H and O–H groups in total. The Morgan fingerprint density at radius 2 is 1.16 bits per heavy atom. The highest BCUT2D eigenvalue weighted by Crippen LogP contribution is 2.37. The number of hydrogen-bond acceptors (Lipinski definition) is 1. The molecule has 32 heavy (non-hydrogen) atoms. The number of nitrogens with one attached hydrogen (secondary N) is 1. The summed E-state index contributed by atoms with van der Waals surface area (Å²) in [5.74, 6) is 0. The fourth-order valence-corrected chi connectivity index (χ4v) is 4.51. The van der Waals surface area contributed by atoms with Gasteiger partial charge in [-0.1, -0.05) is 84.9 Å². The molecule has 5 aromatic carbocycles. The van der Waals surface area contributed by atoms with Gasteiger partial charge < -0.3 is 9.88 Å². The van der Waals surface area contributed by atoms with Crippen LogP contribution in [0.3, 0.4) is 0 Å². The lowest BCUT2D eigenvalue weighted by Gasteiger charge is -2.13. The van der Waals surface area contributed by atoms with Gasteiger partial charge in [-0.2, -0.15) is 0 Å². The minimum Gasteiger partial charge on any atom is -0.355 e. The van der Waals surface area contributed by atoms with Crippen molar-refractivity contribution in [1.82, 2.24) is 4.57 Å². The second kappa shape index (κ2) is 7.75. The molecule has 0 aliphatic heterocycles. The van der Waals surface area contributed by atoms with Crippen LogP contribution >= 0.6 is 0 Å². The van der Waals surface area contributed by atoms with Gasteiger partial charge in [-0.15, -0.1) is 0 Å². The summed E-state index contributed by atoms with van der Waals surface area (Å²) in [6.45, 7) is 0. The average molecular weight is 411 g/mol. The molecule has 0 saturated carbocycles. The summed E-state index contributed by atoms with van der Waals surface area (Å²) in [6, 6.07) is 44.9. The van der Waals surface area contributed by atoms with E-state index in [4.69, 9.17) is 0 Å². The topological polar surface area (TPSA) is 17.0 Å². The Kier molecular flexibility index (Phi) is 4.47. The maximum Gasteiger partial charge on any atom is 0.0547 e. The largest absolute Gasteiger partial charge is 0.355 e. The Morgan fingerprint density at radius 3 is 2.00 bits per heavy atom. The van der Waals surface area contributed by atoms with Crippen LogP contribution in [0.1, 0.15) is 0 Å². The zero-order valence-corrected chi connectivity index (χ0v) is 17.6. The maximum atomic E-state index is 3.59. The lowest BCUT2D eigenvalue weighted by molar-refractivity contribution is 1.18. The fraction of sp³-hybridized carbons (Fsp3) is 0. The normalized spacial score (nSPS) is 11.1. The third-order valence-corrected chi connectivity index (χ3v) is 5.98. The Labute approximate surface area is 187 Å². The Bertz CT molecular complexity index is 1530. The van der Waals surface area contributed by atoms with Crippen molar-refractivity contribution in [1.29, 1.82) is 0 Å². The molecule has 0 spiro atoms. The van der Waals surface area contributed by atoms with Crippen molar-refractivity contribution in [2.24, 2.45) is 0 Å². The first kappa shape index (κ1) is 18.5. The molecule has 1 aromatic heterocycles. The average Bonchev–Trinajstić information content (AvgIpc) is 3.19. The van der Waals surface area contributed by atoms with Gasteiger partial charge in [0.25, 0.3) is 0 Å². The van der Waals surface area contributed by atoms with Crippen molar-refractivity contribution in [2.75, 3.05) is 5.32 Å². The number of hydrogen-bond donors (Lipinski definition) is 1. The molecule has 2 heteroatoms. The van der Waals surface area contributed by atoms with E-state index in [1.165, 1.54) is 38.6 Å². The lowest BCUT2D eigenvalue weighted by atomic mass is 10.0. The van der Waals surface area contributed by atoms with Gasteiger partial charge in [-0.25, -0.2) is 0 Å².